The third-order valence-corrected chi connectivity index (χ3v) is 6.88. The number of carbonyl (C=O) groups is 2. The van der Waals surface area contributed by atoms with Crippen molar-refractivity contribution in [2.24, 2.45) is 0 Å². The lowest BCUT2D eigenvalue weighted by atomic mass is 10.1. The Balaban J connectivity index is 1.88. The summed E-state index contributed by atoms with van der Waals surface area (Å²) < 4.78 is 18.6. The van der Waals surface area contributed by atoms with Crippen molar-refractivity contribution in [1.82, 2.24) is 4.90 Å². The lowest BCUT2D eigenvalue weighted by molar-refractivity contribution is -0.141. The van der Waals surface area contributed by atoms with Crippen LogP contribution >= 0.6 is 39.2 Å². The van der Waals surface area contributed by atoms with Gasteiger partial charge in [-0.15, -0.1) is 0 Å². The average Bonchev–Trinajstić information content (AvgIpc) is 3.14. The van der Waals surface area contributed by atoms with E-state index in [1.807, 2.05) is 0 Å². The minimum absolute atomic E-state index is 0.00289. The highest BCUT2D eigenvalue weighted by Gasteiger charge is 2.35. The van der Waals surface area contributed by atoms with Crippen molar-refractivity contribution in [2.75, 3.05) is 13.2 Å². The van der Waals surface area contributed by atoms with E-state index in [-0.39, 0.29) is 23.2 Å². The minimum atomic E-state index is -3.25. The monoisotopic (exact) mass is 575 g/mol. The minimum Gasteiger partial charge on any atom is -0.507 e. The van der Waals surface area contributed by atoms with Gasteiger partial charge in [0.1, 0.15) is 17.5 Å². The van der Waals surface area contributed by atoms with Crippen LogP contribution in [0.3, 0.4) is 0 Å². The summed E-state index contributed by atoms with van der Waals surface area (Å²) in [7, 11) is -3.25. The normalized spacial score (nSPS) is 17.9. The summed E-state index contributed by atoms with van der Waals surface area (Å²) >= 11 is 6.77. The zero-order valence-electron chi connectivity index (χ0n) is 16.4. The summed E-state index contributed by atoms with van der Waals surface area (Å²) in [6, 6.07) is 6.56. The van der Waals surface area contributed by atoms with Crippen molar-refractivity contribution in [2.45, 2.75) is 25.0 Å². The molecule has 2 aromatic rings. The van der Waals surface area contributed by atoms with Crippen LogP contribution in [0.2, 0.25) is 0 Å². The number of amides is 1. The number of benzene rings is 2. The van der Waals surface area contributed by atoms with Crippen LogP contribution in [-0.4, -0.2) is 51.1 Å². The van der Waals surface area contributed by atoms with Crippen LogP contribution in [0, 0.1) is 0 Å². The standard InChI is InChI=1S/C20H20Br2NO7P/c1-31(28,29)10-11-7-14(21)18(15(22)8-11)30-12-4-5-17(24)13(9-12)19(25)23-6-2-3-16(23)20(26)27/h4-5,7-9,16,24H,2-3,6,10H2,1H3,(H,26,27)(H,28,29). The Morgan fingerprint density at radius 3 is 2.45 bits per heavy atom. The largest absolute Gasteiger partial charge is 0.507 e. The Morgan fingerprint density at radius 1 is 1.23 bits per heavy atom. The predicted molar refractivity (Wildman–Crippen MR) is 121 cm³/mol. The van der Waals surface area contributed by atoms with E-state index in [1.54, 1.807) is 12.1 Å². The summed E-state index contributed by atoms with van der Waals surface area (Å²) in [6.07, 6.45) is 0.941. The highest BCUT2D eigenvalue weighted by atomic mass is 79.9. The van der Waals surface area contributed by atoms with Crippen LogP contribution in [0.5, 0.6) is 17.2 Å². The number of nitrogens with zero attached hydrogens (tertiary/aromatic N) is 1. The van der Waals surface area contributed by atoms with Gasteiger partial charge in [0, 0.05) is 19.4 Å². The van der Waals surface area contributed by atoms with Crippen molar-refractivity contribution >= 4 is 51.1 Å². The van der Waals surface area contributed by atoms with Crippen LogP contribution in [-0.2, 0) is 15.5 Å². The van der Waals surface area contributed by atoms with Crippen LogP contribution < -0.4 is 4.74 Å². The molecule has 0 aromatic heterocycles. The topological polar surface area (TPSA) is 124 Å². The van der Waals surface area contributed by atoms with Gasteiger partial charge in [-0.2, -0.15) is 0 Å². The van der Waals surface area contributed by atoms with Gasteiger partial charge >= 0.3 is 5.97 Å². The summed E-state index contributed by atoms with van der Waals surface area (Å²) in [5.74, 6) is -1.30. The van der Waals surface area contributed by atoms with E-state index in [0.29, 0.717) is 39.6 Å². The van der Waals surface area contributed by atoms with Crippen molar-refractivity contribution < 1.29 is 34.0 Å². The molecule has 1 amide bonds. The highest BCUT2D eigenvalue weighted by Crippen LogP contribution is 2.44. The molecule has 2 aromatic carbocycles. The Bertz CT molecular complexity index is 1060. The number of rotatable bonds is 6. The number of likely N-dealkylation sites (tertiary alicyclic amines) is 1. The van der Waals surface area contributed by atoms with E-state index < -0.39 is 25.3 Å². The van der Waals surface area contributed by atoms with Crippen LogP contribution in [0.15, 0.2) is 39.3 Å². The Hall–Kier alpha value is -1.87. The van der Waals surface area contributed by atoms with Crippen molar-refractivity contribution in [3.05, 3.63) is 50.4 Å². The molecule has 0 saturated carbocycles. The smallest absolute Gasteiger partial charge is 0.326 e. The van der Waals surface area contributed by atoms with E-state index in [2.05, 4.69) is 31.9 Å². The molecule has 31 heavy (non-hydrogen) atoms. The second kappa shape index (κ2) is 9.32. The Kier molecular flexibility index (Phi) is 7.15. The van der Waals surface area contributed by atoms with E-state index in [4.69, 9.17) is 4.74 Å². The van der Waals surface area contributed by atoms with Gasteiger partial charge in [0.05, 0.1) is 14.5 Å². The number of hydrogen-bond acceptors (Lipinski definition) is 5. The van der Waals surface area contributed by atoms with E-state index >= 15 is 0 Å². The molecule has 1 saturated heterocycles. The van der Waals surface area contributed by atoms with Crippen molar-refractivity contribution in [3.8, 4) is 17.2 Å². The lowest BCUT2D eigenvalue weighted by Gasteiger charge is -2.22. The number of halogens is 2. The highest BCUT2D eigenvalue weighted by molar-refractivity contribution is 9.11. The van der Waals surface area contributed by atoms with Crippen LogP contribution in [0.25, 0.3) is 0 Å². The van der Waals surface area contributed by atoms with Crippen LogP contribution in [0.4, 0.5) is 0 Å². The summed E-state index contributed by atoms with van der Waals surface area (Å²) in [4.78, 5) is 35.1. The quantitative estimate of drug-likeness (QED) is 0.422. The molecular weight excluding hydrogens is 557 g/mol. The van der Waals surface area contributed by atoms with Crippen LogP contribution in [0.1, 0.15) is 28.8 Å². The fourth-order valence-corrected chi connectivity index (χ4v) is 5.73. The molecule has 3 N–H and O–H groups in total. The van der Waals surface area contributed by atoms with Crippen molar-refractivity contribution in [3.63, 3.8) is 0 Å². The third kappa shape index (κ3) is 5.68. The van der Waals surface area contributed by atoms with Gasteiger partial charge in [0.2, 0.25) is 7.37 Å². The molecule has 0 aliphatic carbocycles. The first-order valence-corrected chi connectivity index (χ1v) is 13.2. The number of ether oxygens (including phenoxy) is 1. The maximum absolute atomic E-state index is 12.9. The number of carboxylic acids is 1. The number of phenolic OH excluding ortho intramolecular Hbond substituents is 1. The molecule has 8 nitrogen and oxygen atoms in total. The molecule has 3 rings (SSSR count). The summed E-state index contributed by atoms with van der Waals surface area (Å²) in [6.45, 7) is 1.58. The SMILES string of the molecule is CP(=O)(O)Cc1cc(Br)c(Oc2ccc(O)c(C(=O)N3CCCC3C(=O)O)c2)c(Br)c1. The number of hydrogen-bond donors (Lipinski definition) is 3. The van der Waals surface area contributed by atoms with E-state index in [0.717, 1.165) is 0 Å². The second-order valence-corrected chi connectivity index (χ2v) is 11.5. The molecule has 2 unspecified atom stereocenters. The number of carboxylic acid groups (broad SMARTS) is 1. The molecule has 1 fully saturated rings. The van der Waals surface area contributed by atoms with E-state index in [9.17, 15) is 29.3 Å². The molecule has 166 valence electrons. The van der Waals surface area contributed by atoms with Gasteiger partial charge in [-0.05, 0) is 80.6 Å². The molecule has 1 aliphatic rings. The molecule has 0 bridgehead atoms. The van der Waals surface area contributed by atoms with E-state index in [1.165, 1.54) is 29.8 Å². The number of aromatic hydroxyl groups is 1. The molecule has 2 atom stereocenters. The first kappa shape index (κ1) is 23.8. The Labute approximate surface area is 195 Å². The van der Waals surface area contributed by atoms with Gasteiger partial charge in [-0.25, -0.2) is 4.79 Å². The average molecular weight is 577 g/mol. The number of phenols is 1. The molecular formula is C20H20Br2NO7P. The molecule has 11 heteroatoms. The first-order valence-electron chi connectivity index (χ1n) is 9.28. The maximum atomic E-state index is 12.9. The molecule has 0 radical (unpaired) electrons. The van der Waals surface area contributed by atoms with Gasteiger partial charge < -0.3 is 24.7 Å². The fourth-order valence-electron chi connectivity index (χ4n) is 3.43. The number of aliphatic carboxylic acids is 1. The van der Waals surface area contributed by atoms with Gasteiger partial charge in [0.25, 0.3) is 5.91 Å². The first-order chi connectivity index (χ1) is 14.5. The molecule has 0 spiro atoms. The van der Waals surface area contributed by atoms with Gasteiger partial charge in [-0.3, -0.25) is 9.36 Å². The van der Waals surface area contributed by atoms with Crippen molar-refractivity contribution in [1.29, 1.82) is 0 Å². The van der Waals surface area contributed by atoms with Gasteiger partial charge in [-0.1, -0.05) is 0 Å². The third-order valence-electron chi connectivity index (χ3n) is 4.75. The maximum Gasteiger partial charge on any atom is 0.326 e. The lowest BCUT2D eigenvalue weighted by Crippen LogP contribution is -2.40. The fraction of sp³-hybridized carbons (Fsp3) is 0.300. The summed E-state index contributed by atoms with van der Waals surface area (Å²) in [5.41, 5.74) is 0.580. The predicted octanol–water partition coefficient (Wildman–Crippen LogP) is 4.80. The van der Waals surface area contributed by atoms with Gasteiger partial charge in [0.15, 0.2) is 5.75 Å². The zero-order valence-corrected chi connectivity index (χ0v) is 20.5. The second-order valence-electron chi connectivity index (χ2n) is 7.37. The molecule has 1 aliphatic heterocycles. The summed E-state index contributed by atoms with van der Waals surface area (Å²) in [5, 5.41) is 19.5. The zero-order chi connectivity index (χ0) is 22.9. The number of carbonyl (C=O) groups excluding carboxylic acids is 1. The molecule has 1 heterocycles. The Morgan fingerprint density at radius 2 is 1.87 bits per heavy atom.